The Kier molecular flexibility index (Phi) is 5.43. The number of rotatable bonds is 3. The van der Waals surface area contributed by atoms with Crippen LogP contribution in [0.5, 0.6) is 0 Å². The van der Waals surface area contributed by atoms with E-state index in [2.05, 4.69) is 43.2 Å². The molecule has 1 atom stereocenters. The lowest BCUT2D eigenvalue weighted by Gasteiger charge is -2.26. The van der Waals surface area contributed by atoms with Gasteiger partial charge in [-0.3, -0.25) is 4.79 Å². The highest BCUT2D eigenvalue weighted by Gasteiger charge is 2.26. The van der Waals surface area contributed by atoms with Crippen molar-refractivity contribution in [2.24, 2.45) is 5.92 Å². The van der Waals surface area contributed by atoms with Crippen LogP contribution < -0.4 is 5.32 Å². The van der Waals surface area contributed by atoms with E-state index < -0.39 is 0 Å². The Morgan fingerprint density at radius 3 is 2.63 bits per heavy atom. The molecule has 1 aromatic heterocycles. The molecule has 1 unspecified atom stereocenters. The third-order valence-corrected chi connectivity index (χ3v) is 5.79. The first kappa shape index (κ1) is 15.0. The van der Waals surface area contributed by atoms with Gasteiger partial charge >= 0.3 is 0 Å². The van der Waals surface area contributed by atoms with Crippen LogP contribution in [-0.4, -0.2) is 11.9 Å². The van der Waals surface area contributed by atoms with Crippen molar-refractivity contribution in [3.8, 4) is 6.07 Å². The van der Waals surface area contributed by atoms with E-state index in [0.29, 0.717) is 11.5 Å². The first-order valence-corrected chi connectivity index (χ1v) is 8.67. The van der Waals surface area contributed by atoms with Gasteiger partial charge in [-0.2, -0.15) is 5.26 Å². The van der Waals surface area contributed by atoms with Gasteiger partial charge in [0.1, 0.15) is 6.04 Å². The lowest BCUT2D eigenvalue weighted by molar-refractivity contribution is 0.0928. The van der Waals surface area contributed by atoms with Gasteiger partial charge in [0.05, 0.1) is 19.2 Å². The third kappa shape index (κ3) is 3.80. The second-order valence-corrected chi connectivity index (χ2v) is 8.47. The molecule has 6 heteroatoms. The van der Waals surface area contributed by atoms with E-state index in [1.807, 2.05) is 0 Å². The largest absolute Gasteiger partial charge is 0.336 e. The van der Waals surface area contributed by atoms with Crippen molar-refractivity contribution >= 4 is 49.1 Å². The van der Waals surface area contributed by atoms with Gasteiger partial charge in [0.2, 0.25) is 0 Å². The van der Waals surface area contributed by atoms with Crippen LogP contribution in [0, 0.1) is 17.2 Å². The minimum Gasteiger partial charge on any atom is -0.336 e. The van der Waals surface area contributed by atoms with Gasteiger partial charge in [0, 0.05) is 0 Å². The zero-order valence-electron chi connectivity index (χ0n) is 10.3. The first-order valence-electron chi connectivity index (χ1n) is 6.27. The van der Waals surface area contributed by atoms with Crippen molar-refractivity contribution in [1.82, 2.24) is 5.32 Å². The molecule has 1 saturated carbocycles. The van der Waals surface area contributed by atoms with Crippen molar-refractivity contribution in [3.05, 3.63) is 19.2 Å². The molecule has 1 fully saturated rings. The summed E-state index contributed by atoms with van der Waals surface area (Å²) in [5.41, 5.74) is 0.591. The molecule has 0 spiro atoms. The number of nitriles is 1. The molecule has 2 rings (SSSR count). The molecule has 102 valence electrons. The Bertz CT molecular complexity index is 503. The number of hydrogen-bond donors (Lipinski definition) is 1. The Morgan fingerprint density at radius 1 is 1.42 bits per heavy atom. The van der Waals surface area contributed by atoms with Crippen LogP contribution in [0.2, 0.25) is 0 Å². The van der Waals surface area contributed by atoms with Crippen LogP contribution in [0.3, 0.4) is 0 Å². The van der Waals surface area contributed by atoms with Gasteiger partial charge in [0.15, 0.2) is 0 Å². The van der Waals surface area contributed by atoms with Crippen molar-refractivity contribution in [2.45, 2.75) is 38.1 Å². The number of amides is 1. The van der Waals surface area contributed by atoms with Gasteiger partial charge in [-0.15, -0.1) is 11.3 Å². The second-order valence-electron chi connectivity index (χ2n) is 4.72. The SMILES string of the molecule is N#CC(NC(=O)c1cc(Br)sc1Br)C1CCCCC1. The molecule has 1 N–H and O–H groups in total. The summed E-state index contributed by atoms with van der Waals surface area (Å²) in [4.78, 5) is 12.2. The standard InChI is InChI=1S/C13H14Br2N2OS/c14-11-6-9(12(15)19-11)13(18)17-10(7-16)8-4-2-1-3-5-8/h6,8,10H,1-5H2,(H,17,18). The van der Waals surface area contributed by atoms with Gasteiger partial charge < -0.3 is 5.32 Å². The number of nitrogens with one attached hydrogen (secondary N) is 1. The van der Waals surface area contributed by atoms with Crippen LogP contribution in [0.4, 0.5) is 0 Å². The number of hydrogen-bond acceptors (Lipinski definition) is 3. The van der Waals surface area contributed by atoms with E-state index in [0.717, 1.165) is 33.3 Å². The maximum Gasteiger partial charge on any atom is 0.254 e. The number of halogens is 2. The Morgan fingerprint density at radius 2 is 2.11 bits per heavy atom. The maximum absolute atomic E-state index is 12.2. The lowest BCUT2D eigenvalue weighted by atomic mass is 9.84. The summed E-state index contributed by atoms with van der Waals surface area (Å²) < 4.78 is 1.69. The third-order valence-electron chi connectivity index (χ3n) is 3.45. The van der Waals surface area contributed by atoms with E-state index in [-0.39, 0.29) is 11.9 Å². The fourth-order valence-electron chi connectivity index (χ4n) is 2.44. The van der Waals surface area contributed by atoms with Crippen LogP contribution in [-0.2, 0) is 0 Å². The van der Waals surface area contributed by atoms with Crippen LogP contribution in [0.15, 0.2) is 13.6 Å². The van der Waals surface area contributed by atoms with Gasteiger partial charge in [-0.25, -0.2) is 0 Å². The summed E-state index contributed by atoms with van der Waals surface area (Å²) in [5, 5.41) is 12.1. The molecule has 1 aliphatic carbocycles. The van der Waals surface area contributed by atoms with E-state index in [4.69, 9.17) is 0 Å². The highest BCUT2D eigenvalue weighted by molar-refractivity contribution is 9.12. The van der Waals surface area contributed by atoms with Crippen molar-refractivity contribution in [1.29, 1.82) is 5.26 Å². The second kappa shape index (κ2) is 6.87. The quantitative estimate of drug-likeness (QED) is 0.805. The van der Waals surface area contributed by atoms with Gasteiger partial charge in [-0.05, 0) is 56.7 Å². The van der Waals surface area contributed by atoms with Crippen LogP contribution in [0.25, 0.3) is 0 Å². The number of thiophene rings is 1. The highest BCUT2D eigenvalue weighted by Crippen LogP contribution is 2.32. The first-order chi connectivity index (χ1) is 9.11. The average molecular weight is 406 g/mol. The topological polar surface area (TPSA) is 52.9 Å². The fourth-order valence-corrected chi connectivity index (χ4v) is 5.23. The Balaban J connectivity index is 2.04. The van der Waals surface area contributed by atoms with E-state index in [1.54, 1.807) is 6.07 Å². The monoisotopic (exact) mass is 404 g/mol. The maximum atomic E-state index is 12.2. The summed E-state index contributed by atoms with van der Waals surface area (Å²) in [7, 11) is 0. The van der Waals surface area contributed by atoms with Gasteiger partial charge in [-0.1, -0.05) is 19.3 Å². The molecule has 1 aromatic rings. The predicted octanol–water partition coefficient (Wildman–Crippen LogP) is 4.48. The summed E-state index contributed by atoms with van der Waals surface area (Å²) >= 11 is 8.18. The molecule has 3 nitrogen and oxygen atoms in total. The van der Waals surface area contributed by atoms with Crippen LogP contribution in [0.1, 0.15) is 42.5 Å². The average Bonchev–Trinajstić information content (AvgIpc) is 2.76. The predicted molar refractivity (Wildman–Crippen MR) is 83.2 cm³/mol. The van der Waals surface area contributed by atoms with Crippen molar-refractivity contribution < 1.29 is 4.79 Å². The van der Waals surface area contributed by atoms with E-state index in [9.17, 15) is 10.1 Å². The Labute approximate surface area is 133 Å². The molecule has 1 amide bonds. The molecular weight excluding hydrogens is 392 g/mol. The summed E-state index contributed by atoms with van der Waals surface area (Å²) in [6.07, 6.45) is 5.63. The molecule has 0 saturated heterocycles. The fraction of sp³-hybridized carbons (Fsp3) is 0.538. The van der Waals surface area contributed by atoms with Crippen LogP contribution >= 0.6 is 43.2 Å². The number of nitrogens with zero attached hydrogens (tertiary/aromatic N) is 1. The number of carbonyl (C=O) groups is 1. The molecular formula is C13H14Br2N2OS. The zero-order chi connectivity index (χ0) is 13.8. The molecule has 1 heterocycles. The van der Waals surface area contributed by atoms with Gasteiger partial charge in [0.25, 0.3) is 5.91 Å². The van der Waals surface area contributed by atoms with Crippen molar-refractivity contribution in [2.75, 3.05) is 0 Å². The summed E-state index contributed by atoms with van der Waals surface area (Å²) in [6.45, 7) is 0. The molecule has 0 bridgehead atoms. The van der Waals surface area contributed by atoms with E-state index in [1.165, 1.54) is 17.8 Å². The number of carbonyl (C=O) groups excluding carboxylic acids is 1. The molecule has 0 radical (unpaired) electrons. The Hall–Kier alpha value is -0.380. The normalized spacial score (nSPS) is 17.7. The zero-order valence-corrected chi connectivity index (χ0v) is 14.3. The summed E-state index contributed by atoms with van der Waals surface area (Å²) in [6, 6.07) is 3.64. The molecule has 0 aromatic carbocycles. The minimum atomic E-state index is -0.377. The van der Waals surface area contributed by atoms with E-state index >= 15 is 0 Å². The lowest BCUT2D eigenvalue weighted by Crippen LogP contribution is -2.40. The summed E-state index contributed by atoms with van der Waals surface area (Å²) in [5.74, 6) is 0.120. The molecule has 19 heavy (non-hydrogen) atoms. The molecule has 1 aliphatic rings. The molecule has 0 aliphatic heterocycles. The van der Waals surface area contributed by atoms with Crippen molar-refractivity contribution in [3.63, 3.8) is 0 Å². The highest BCUT2D eigenvalue weighted by atomic mass is 79.9. The smallest absolute Gasteiger partial charge is 0.254 e. The minimum absolute atomic E-state index is 0.175.